The van der Waals surface area contributed by atoms with Crippen molar-refractivity contribution in [2.75, 3.05) is 33.3 Å². The summed E-state index contributed by atoms with van der Waals surface area (Å²) in [5, 5.41) is 3.11. The van der Waals surface area contributed by atoms with Gasteiger partial charge >= 0.3 is 0 Å². The average Bonchev–Trinajstić information content (AvgIpc) is 2.33. The molecule has 4 heteroatoms. The second kappa shape index (κ2) is 6.10. The summed E-state index contributed by atoms with van der Waals surface area (Å²) < 4.78 is 19.1. The van der Waals surface area contributed by atoms with Crippen molar-refractivity contribution in [3.8, 4) is 0 Å². The molecule has 17 heavy (non-hydrogen) atoms. The quantitative estimate of drug-likeness (QED) is 0.854. The third-order valence-electron chi connectivity index (χ3n) is 3.01. The van der Waals surface area contributed by atoms with Gasteiger partial charge in [-0.05, 0) is 13.1 Å². The van der Waals surface area contributed by atoms with Crippen LogP contribution in [0, 0.1) is 5.82 Å². The molecule has 1 aromatic rings. The number of rotatable bonds is 4. The van der Waals surface area contributed by atoms with Crippen molar-refractivity contribution in [3.63, 3.8) is 0 Å². The number of ether oxygens (including phenoxy) is 1. The highest BCUT2D eigenvalue weighted by molar-refractivity contribution is 5.17. The number of morpholine rings is 1. The lowest BCUT2D eigenvalue weighted by Crippen LogP contribution is -2.45. The van der Waals surface area contributed by atoms with Crippen LogP contribution < -0.4 is 5.32 Å². The van der Waals surface area contributed by atoms with E-state index in [1.54, 1.807) is 6.07 Å². The zero-order valence-electron chi connectivity index (χ0n) is 10.2. The molecule has 1 aromatic carbocycles. The normalized spacial score (nSPS) is 21.6. The van der Waals surface area contributed by atoms with E-state index < -0.39 is 0 Å². The summed E-state index contributed by atoms with van der Waals surface area (Å²) in [6, 6.07) is 6.96. The first-order valence-electron chi connectivity index (χ1n) is 6.01. The van der Waals surface area contributed by atoms with Crippen LogP contribution in [0.1, 0.15) is 5.56 Å². The van der Waals surface area contributed by atoms with Crippen molar-refractivity contribution in [3.05, 3.63) is 35.6 Å². The van der Waals surface area contributed by atoms with Gasteiger partial charge in [-0.25, -0.2) is 4.39 Å². The topological polar surface area (TPSA) is 24.5 Å². The minimum absolute atomic E-state index is 0.121. The lowest BCUT2D eigenvalue weighted by Gasteiger charge is -2.32. The molecular formula is C13H19FN2O. The fraction of sp³-hybridized carbons (Fsp3) is 0.538. The van der Waals surface area contributed by atoms with Gasteiger partial charge in [-0.2, -0.15) is 0 Å². The second-order valence-electron chi connectivity index (χ2n) is 4.38. The van der Waals surface area contributed by atoms with E-state index in [4.69, 9.17) is 4.74 Å². The smallest absolute Gasteiger partial charge is 0.127 e. The van der Waals surface area contributed by atoms with Crippen LogP contribution in [0.25, 0.3) is 0 Å². The number of hydrogen-bond donors (Lipinski definition) is 1. The van der Waals surface area contributed by atoms with Gasteiger partial charge in [-0.15, -0.1) is 0 Å². The van der Waals surface area contributed by atoms with Crippen molar-refractivity contribution < 1.29 is 9.13 Å². The fourth-order valence-corrected chi connectivity index (χ4v) is 2.14. The van der Waals surface area contributed by atoms with Crippen LogP contribution in [-0.2, 0) is 11.3 Å². The van der Waals surface area contributed by atoms with Crippen molar-refractivity contribution >= 4 is 0 Å². The Labute approximate surface area is 102 Å². The molecule has 2 rings (SSSR count). The van der Waals surface area contributed by atoms with Gasteiger partial charge in [-0.1, -0.05) is 18.2 Å². The summed E-state index contributed by atoms with van der Waals surface area (Å²) in [4.78, 5) is 2.24. The summed E-state index contributed by atoms with van der Waals surface area (Å²) in [5.74, 6) is -0.121. The highest BCUT2D eigenvalue weighted by atomic mass is 19.1. The molecule has 1 atom stereocenters. The molecule has 94 valence electrons. The molecule has 0 radical (unpaired) electrons. The summed E-state index contributed by atoms with van der Waals surface area (Å²) in [7, 11) is 1.92. The van der Waals surface area contributed by atoms with Crippen LogP contribution in [0.3, 0.4) is 0 Å². The van der Waals surface area contributed by atoms with Crippen LogP contribution in [0.5, 0.6) is 0 Å². The van der Waals surface area contributed by atoms with Gasteiger partial charge in [0.15, 0.2) is 0 Å². The van der Waals surface area contributed by atoms with Gasteiger partial charge in [-0.3, -0.25) is 4.90 Å². The molecule has 0 bridgehead atoms. The molecule has 1 saturated heterocycles. The Morgan fingerprint density at radius 1 is 1.47 bits per heavy atom. The van der Waals surface area contributed by atoms with Crippen LogP contribution in [0.15, 0.2) is 24.3 Å². The molecule has 0 spiro atoms. The number of benzene rings is 1. The largest absolute Gasteiger partial charge is 0.374 e. The average molecular weight is 238 g/mol. The molecule has 0 amide bonds. The number of nitrogens with zero attached hydrogens (tertiary/aromatic N) is 1. The van der Waals surface area contributed by atoms with Gasteiger partial charge in [0, 0.05) is 31.7 Å². The first kappa shape index (κ1) is 12.5. The number of nitrogens with one attached hydrogen (secondary N) is 1. The standard InChI is InChI=1S/C13H19FN2O/c1-15-8-12-10-16(6-7-17-12)9-11-4-2-3-5-13(11)14/h2-5,12,15H,6-10H2,1H3. The van der Waals surface area contributed by atoms with E-state index in [0.717, 1.165) is 31.8 Å². The SMILES string of the molecule is CNCC1CN(Cc2ccccc2F)CCO1. The Kier molecular flexibility index (Phi) is 4.48. The van der Waals surface area contributed by atoms with Gasteiger partial charge in [0.05, 0.1) is 12.7 Å². The van der Waals surface area contributed by atoms with Crippen molar-refractivity contribution in [2.24, 2.45) is 0 Å². The van der Waals surface area contributed by atoms with Crippen molar-refractivity contribution in [1.82, 2.24) is 10.2 Å². The lowest BCUT2D eigenvalue weighted by atomic mass is 10.1. The molecular weight excluding hydrogens is 219 g/mol. The molecule has 0 aromatic heterocycles. The van der Waals surface area contributed by atoms with Crippen LogP contribution >= 0.6 is 0 Å². The van der Waals surface area contributed by atoms with Gasteiger partial charge < -0.3 is 10.1 Å². The maximum atomic E-state index is 13.5. The Morgan fingerprint density at radius 3 is 3.06 bits per heavy atom. The van der Waals surface area contributed by atoms with E-state index in [1.165, 1.54) is 6.07 Å². The molecule has 1 fully saturated rings. The van der Waals surface area contributed by atoms with Crippen molar-refractivity contribution in [2.45, 2.75) is 12.6 Å². The van der Waals surface area contributed by atoms with E-state index in [9.17, 15) is 4.39 Å². The number of hydrogen-bond acceptors (Lipinski definition) is 3. The number of likely N-dealkylation sites (N-methyl/N-ethyl adjacent to an activating group) is 1. The van der Waals surface area contributed by atoms with E-state index >= 15 is 0 Å². The molecule has 0 saturated carbocycles. The third kappa shape index (κ3) is 3.49. The predicted molar refractivity (Wildman–Crippen MR) is 65.3 cm³/mol. The molecule has 1 N–H and O–H groups in total. The Balaban J connectivity index is 1.92. The molecule has 3 nitrogen and oxygen atoms in total. The summed E-state index contributed by atoms with van der Waals surface area (Å²) in [5.41, 5.74) is 0.762. The fourth-order valence-electron chi connectivity index (χ4n) is 2.14. The summed E-state index contributed by atoms with van der Waals surface area (Å²) in [6.07, 6.45) is 0.209. The maximum Gasteiger partial charge on any atom is 0.127 e. The monoisotopic (exact) mass is 238 g/mol. The molecule has 0 aliphatic carbocycles. The zero-order chi connectivity index (χ0) is 12.1. The Morgan fingerprint density at radius 2 is 2.29 bits per heavy atom. The Hall–Kier alpha value is -0.970. The lowest BCUT2D eigenvalue weighted by molar-refractivity contribution is -0.0294. The predicted octanol–water partition coefficient (Wildman–Crippen LogP) is 1.25. The summed E-state index contributed by atoms with van der Waals surface area (Å²) >= 11 is 0. The molecule has 1 heterocycles. The van der Waals surface area contributed by atoms with Crippen LogP contribution in [0.4, 0.5) is 4.39 Å². The van der Waals surface area contributed by atoms with E-state index in [2.05, 4.69) is 10.2 Å². The summed E-state index contributed by atoms with van der Waals surface area (Å²) in [6.45, 7) is 3.95. The first-order chi connectivity index (χ1) is 8.29. The van der Waals surface area contributed by atoms with Crippen molar-refractivity contribution in [1.29, 1.82) is 0 Å². The minimum atomic E-state index is -0.121. The minimum Gasteiger partial charge on any atom is -0.374 e. The molecule has 1 aliphatic rings. The van der Waals surface area contributed by atoms with Crippen LogP contribution in [-0.4, -0.2) is 44.3 Å². The van der Waals surface area contributed by atoms with Crippen LogP contribution in [0.2, 0.25) is 0 Å². The first-order valence-corrected chi connectivity index (χ1v) is 6.01. The van der Waals surface area contributed by atoms with Gasteiger partial charge in [0.2, 0.25) is 0 Å². The number of halogens is 1. The maximum absolute atomic E-state index is 13.5. The van der Waals surface area contributed by atoms with E-state index in [1.807, 2.05) is 19.2 Å². The van der Waals surface area contributed by atoms with Gasteiger partial charge in [0.25, 0.3) is 0 Å². The van der Waals surface area contributed by atoms with E-state index in [-0.39, 0.29) is 11.9 Å². The second-order valence-corrected chi connectivity index (χ2v) is 4.38. The molecule has 1 unspecified atom stereocenters. The Bertz CT molecular complexity index is 357. The van der Waals surface area contributed by atoms with E-state index in [0.29, 0.717) is 6.54 Å². The van der Waals surface area contributed by atoms with Gasteiger partial charge in [0.1, 0.15) is 5.82 Å². The third-order valence-corrected chi connectivity index (χ3v) is 3.01. The zero-order valence-corrected chi connectivity index (χ0v) is 10.2. The highest BCUT2D eigenvalue weighted by Crippen LogP contribution is 2.12. The molecule has 1 aliphatic heterocycles. The highest BCUT2D eigenvalue weighted by Gasteiger charge is 2.20.